The molecule has 1 rings (SSSR count). The van der Waals surface area contributed by atoms with Gasteiger partial charge in [-0.1, -0.05) is 12.2 Å². The zero-order valence-corrected chi connectivity index (χ0v) is 19.5. The largest absolute Gasteiger partial charge is 0.465 e. The molecule has 0 atom stereocenters. The molecule has 9 heteroatoms. The van der Waals surface area contributed by atoms with E-state index in [2.05, 4.69) is 11.3 Å². The van der Waals surface area contributed by atoms with E-state index in [4.69, 9.17) is 9.47 Å². The molecular formula is C21H31NO6S2. The summed E-state index contributed by atoms with van der Waals surface area (Å²) in [5.74, 6) is 2.27. The van der Waals surface area contributed by atoms with Crippen LogP contribution in [0.5, 0.6) is 0 Å². The van der Waals surface area contributed by atoms with Crippen LogP contribution in [-0.4, -0.2) is 85.2 Å². The van der Waals surface area contributed by atoms with Gasteiger partial charge in [-0.25, -0.2) is 4.79 Å². The summed E-state index contributed by atoms with van der Waals surface area (Å²) in [7, 11) is 1.22. The quantitative estimate of drug-likeness (QED) is 0.116. The van der Waals surface area contributed by atoms with E-state index in [0.29, 0.717) is 19.8 Å². The van der Waals surface area contributed by atoms with Gasteiger partial charge in [0.25, 0.3) is 0 Å². The molecule has 0 saturated carbocycles. The highest BCUT2D eigenvalue weighted by Crippen LogP contribution is 2.21. The first kappa shape index (κ1) is 26.3. The standard InChI is InChI=1S/C21H31NO6S2/c1-5-27-20(24)11-22(8-6-7-19(17(3)23)21(25)26-4)9-10-28-18-14-29-12-16(2)13-30-15-18/h6-8,18H,2,5,9-15H2,1,3-4H3. The molecular weight excluding hydrogens is 426 g/mol. The molecule has 0 N–H and O–H groups in total. The van der Waals surface area contributed by atoms with Gasteiger partial charge in [-0.15, -0.1) is 0 Å². The maximum atomic E-state index is 11.9. The van der Waals surface area contributed by atoms with Crippen molar-refractivity contribution in [1.82, 2.24) is 4.90 Å². The van der Waals surface area contributed by atoms with Crippen LogP contribution in [0.2, 0.25) is 0 Å². The molecule has 1 aliphatic heterocycles. The number of carbonyl (C=O) groups excluding carboxylic acids is 3. The molecule has 1 aliphatic rings. The van der Waals surface area contributed by atoms with Crippen LogP contribution >= 0.6 is 23.5 Å². The summed E-state index contributed by atoms with van der Waals surface area (Å²) in [6.45, 7) is 8.33. The summed E-state index contributed by atoms with van der Waals surface area (Å²) in [5.41, 5.74) is 1.19. The van der Waals surface area contributed by atoms with E-state index < -0.39 is 11.8 Å². The Morgan fingerprint density at radius 1 is 1.23 bits per heavy atom. The van der Waals surface area contributed by atoms with Crippen LogP contribution in [0.1, 0.15) is 13.8 Å². The Morgan fingerprint density at radius 2 is 1.90 bits per heavy atom. The van der Waals surface area contributed by atoms with E-state index in [1.54, 1.807) is 24.1 Å². The number of methoxy groups -OCH3 is 1. The zero-order chi connectivity index (χ0) is 22.4. The molecule has 0 aromatic heterocycles. The number of esters is 2. The Labute approximate surface area is 187 Å². The summed E-state index contributed by atoms with van der Waals surface area (Å²) in [4.78, 5) is 36.9. The van der Waals surface area contributed by atoms with Crippen molar-refractivity contribution in [2.24, 2.45) is 0 Å². The highest BCUT2D eigenvalue weighted by atomic mass is 32.2. The average molecular weight is 458 g/mol. The van der Waals surface area contributed by atoms with Crippen molar-refractivity contribution in [3.05, 3.63) is 36.1 Å². The van der Waals surface area contributed by atoms with Gasteiger partial charge in [0, 0.05) is 29.6 Å². The molecule has 1 saturated heterocycles. The van der Waals surface area contributed by atoms with Gasteiger partial charge in [-0.2, -0.15) is 23.5 Å². The molecule has 0 bridgehead atoms. The fourth-order valence-corrected chi connectivity index (χ4v) is 4.72. The molecule has 0 radical (unpaired) electrons. The molecule has 1 heterocycles. The minimum Gasteiger partial charge on any atom is -0.465 e. The second-order valence-electron chi connectivity index (χ2n) is 6.52. The van der Waals surface area contributed by atoms with Gasteiger partial charge in [-0.05, 0) is 32.2 Å². The molecule has 0 aromatic carbocycles. The van der Waals surface area contributed by atoms with E-state index in [0.717, 1.165) is 23.0 Å². The van der Waals surface area contributed by atoms with Crippen molar-refractivity contribution in [3.8, 4) is 0 Å². The van der Waals surface area contributed by atoms with E-state index in [9.17, 15) is 14.4 Å². The maximum Gasteiger partial charge on any atom is 0.341 e. The summed E-state index contributed by atoms with van der Waals surface area (Å²) in [5, 5.41) is 0. The zero-order valence-electron chi connectivity index (χ0n) is 17.9. The number of ketones is 1. The summed E-state index contributed by atoms with van der Waals surface area (Å²) in [6.07, 6.45) is 4.70. The first-order chi connectivity index (χ1) is 14.4. The number of rotatable bonds is 11. The first-order valence-corrected chi connectivity index (χ1v) is 12.0. The number of hydrogen-bond acceptors (Lipinski definition) is 9. The van der Waals surface area contributed by atoms with Crippen molar-refractivity contribution in [2.45, 2.75) is 20.0 Å². The fraction of sp³-hybridized carbons (Fsp3) is 0.571. The monoisotopic (exact) mass is 457 g/mol. The number of ether oxygens (including phenoxy) is 3. The molecule has 0 unspecified atom stereocenters. The molecule has 30 heavy (non-hydrogen) atoms. The second-order valence-corrected chi connectivity index (χ2v) is 8.58. The highest BCUT2D eigenvalue weighted by molar-refractivity contribution is 8.01. The van der Waals surface area contributed by atoms with Crippen LogP contribution in [0.4, 0.5) is 0 Å². The van der Waals surface area contributed by atoms with Crippen LogP contribution in [0.25, 0.3) is 0 Å². The normalized spacial score (nSPS) is 16.1. The van der Waals surface area contributed by atoms with Crippen molar-refractivity contribution >= 4 is 41.2 Å². The number of carbonyl (C=O) groups is 3. The van der Waals surface area contributed by atoms with E-state index in [1.165, 1.54) is 25.7 Å². The summed E-state index contributed by atoms with van der Waals surface area (Å²) >= 11 is 3.65. The van der Waals surface area contributed by atoms with Gasteiger partial charge in [-0.3, -0.25) is 9.59 Å². The van der Waals surface area contributed by atoms with E-state index in [1.807, 2.05) is 23.5 Å². The molecule has 1 fully saturated rings. The summed E-state index contributed by atoms with van der Waals surface area (Å²) in [6, 6.07) is 0. The average Bonchev–Trinajstić information content (AvgIpc) is 2.68. The van der Waals surface area contributed by atoms with Gasteiger partial charge in [0.05, 0.1) is 26.4 Å². The Kier molecular flexibility index (Phi) is 13.3. The fourth-order valence-electron chi connectivity index (χ4n) is 2.47. The second kappa shape index (κ2) is 15.1. The number of thioether (sulfide) groups is 2. The van der Waals surface area contributed by atoms with Crippen molar-refractivity contribution < 1.29 is 28.6 Å². The van der Waals surface area contributed by atoms with Crippen LogP contribution in [0.15, 0.2) is 36.1 Å². The third-order valence-electron chi connectivity index (χ3n) is 3.93. The minimum atomic E-state index is -0.700. The Morgan fingerprint density at radius 3 is 2.47 bits per heavy atom. The van der Waals surface area contributed by atoms with Gasteiger partial charge in [0.15, 0.2) is 5.78 Å². The van der Waals surface area contributed by atoms with Crippen LogP contribution in [0.3, 0.4) is 0 Å². The van der Waals surface area contributed by atoms with Crippen molar-refractivity contribution in [3.63, 3.8) is 0 Å². The first-order valence-electron chi connectivity index (χ1n) is 9.68. The molecule has 168 valence electrons. The molecule has 0 amide bonds. The van der Waals surface area contributed by atoms with Gasteiger partial charge in [0.2, 0.25) is 0 Å². The van der Waals surface area contributed by atoms with Crippen molar-refractivity contribution in [1.29, 1.82) is 0 Å². The topological polar surface area (TPSA) is 82.1 Å². The third-order valence-corrected chi connectivity index (χ3v) is 6.37. The third kappa shape index (κ3) is 10.9. The molecule has 0 aliphatic carbocycles. The van der Waals surface area contributed by atoms with Gasteiger partial charge >= 0.3 is 11.9 Å². The number of Topliss-reactive ketones (excluding diaryl/α,β-unsaturated/α-hetero) is 1. The number of hydrogen-bond donors (Lipinski definition) is 0. The Bertz CT molecular complexity index is 650. The lowest BCUT2D eigenvalue weighted by Crippen LogP contribution is -2.32. The van der Waals surface area contributed by atoms with Crippen LogP contribution < -0.4 is 0 Å². The van der Waals surface area contributed by atoms with E-state index >= 15 is 0 Å². The maximum absolute atomic E-state index is 11.9. The van der Waals surface area contributed by atoms with E-state index in [-0.39, 0.29) is 24.2 Å². The minimum absolute atomic E-state index is 0.0448. The van der Waals surface area contributed by atoms with Gasteiger partial charge < -0.3 is 19.1 Å². The number of nitrogens with zero attached hydrogens (tertiary/aromatic N) is 1. The molecule has 0 aromatic rings. The summed E-state index contributed by atoms with van der Waals surface area (Å²) < 4.78 is 15.6. The SMILES string of the molecule is C=C1CSCC(OCCN(C=CC=C(C(C)=O)C(=O)OC)CC(=O)OCC)CSC1. The Balaban J connectivity index is 2.68. The molecule has 7 nitrogen and oxygen atoms in total. The lowest BCUT2D eigenvalue weighted by molar-refractivity contribution is -0.144. The van der Waals surface area contributed by atoms with Gasteiger partial charge in [0.1, 0.15) is 12.1 Å². The smallest absolute Gasteiger partial charge is 0.341 e. The lowest BCUT2D eigenvalue weighted by atomic mass is 10.2. The predicted octanol–water partition coefficient (Wildman–Crippen LogP) is 2.48. The van der Waals surface area contributed by atoms with Crippen LogP contribution in [-0.2, 0) is 28.6 Å². The predicted molar refractivity (Wildman–Crippen MR) is 122 cm³/mol. The molecule has 0 spiro atoms. The van der Waals surface area contributed by atoms with Crippen LogP contribution in [0, 0.1) is 0 Å². The highest BCUT2D eigenvalue weighted by Gasteiger charge is 2.16. The Hall–Kier alpha value is -1.71. The lowest BCUT2D eigenvalue weighted by Gasteiger charge is -2.23. The number of allylic oxidation sites excluding steroid dienone is 2. The van der Waals surface area contributed by atoms with Crippen molar-refractivity contribution in [2.75, 3.05) is 56.4 Å².